The van der Waals surface area contributed by atoms with Crippen molar-refractivity contribution < 1.29 is 19.4 Å². The minimum absolute atomic E-state index is 0.218. The Morgan fingerprint density at radius 1 is 1.54 bits per heavy atom. The smallest absolute Gasteiger partial charge is 0.337 e. The molecule has 0 aliphatic rings. The Bertz CT molecular complexity index is 200. The summed E-state index contributed by atoms with van der Waals surface area (Å²) in [6, 6.07) is 0. The SMILES string of the molecule is CCCCOC(=O)C(C)(N)C(=O)O. The molecule has 0 aliphatic heterocycles. The van der Waals surface area contributed by atoms with Gasteiger partial charge >= 0.3 is 11.9 Å². The number of hydrogen-bond acceptors (Lipinski definition) is 4. The highest BCUT2D eigenvalue weighted by Gasteiger charge is 2.38. The normalized spacial score (nSPS) is 14.7. The molecule has 0 saturated heterocycles. The van der Waals surface area contributed by atoms with Gasteiger partial charge in [-0.3, -0.25) is 0 Å². The van der Waals surface area contributed by atoms with Gasteiger partial charge in [0.05, 0.1) is 6.61 Å². The fourth-order valence-corrected chi connectivity index (χ4v) is 0.546. The van der Waals surface area contributed by atoms with Crippen LogP contribution in [0.5, 0.6) is 0 Å². The highest BCUT2D eigenvalue weighted by atomic mass is 16.5. The van der Waals surface area contributed by atoms with E-state index in [1.165, 1.54) is 0 Å². The first-order chi connectivity index (χ1) is 5.92. The van der Waals surface area contributed by atoms with Crippen molar-refractivity contribution in [1.82, 2.24) is 0 Å². The number of carboxylic acid groups (broad SMARTS) is 1. The zero-order valence-electron chi connectivity index (χ0n) is 7.87. The second-order valence-electron chi connectivity index (χ2n) is 3.00. The van der Waals surface area contributed by atoms with Gasteiger partial charge in [0.2, 0.25) is 5.54 Å². The fourth-order valence-electron chi connectivity index (χ4n) is 0.546. The molecule has 0 spiro atoms. The van der Waals surface area contributed by atoms with Crippen LogP contribution in [0.15, 0.2) is 0 Å². The number of unbranched alkanes of at least 4 members (excludes halogenated alkanes) is 1. The molecule has 0 aliphatic carbocycles. The van der Waals surface area contributed by atoms with Crippen LogP contribution in [0, 0.1) is 0 Å². The summed E-state index contributed by atoms with van der Waals surface area (Å²) < 4.78 is 4.66. The lowest BCUT2D eigenvalue weighted by molar-refractivity contribution is -0.160. The van der Waals surface area contributed by atoms with E-state index in [-0.39, 0.29) is 6.61 Å². The number of nitrogens with two attached hydrogens (primary N) is 1. The van der Waals surface area contributed by atoms with Crippen LogP contribution >= 0.6 is 0 Å². The van der Waals surface area contributed by atoms with Crippen molar-refractivity contribution in [1.29, 1.82) is 0 Å². The molecule has 0 fully saturated rings. The highest BCUT2D eigenvalue weighted by molar-refractivity contribution is 6.03. The van der Waals surface area contributed by atoms with Gasteiger partial charge in [0.25, 0.3) is 0 Å². The molecule has 1 unspecified atom stereocenters. The molecular weight excluding hydrogens is 174 g/mol. The van der Waals surface area contributed by atoms with Gasteiger partial charge in [-0.25, -0.2) is 9.59 Å². The molecule has 0 saturated carbocycles. The molecule has 0 amide bonds. The van der Waals surface area contributed by atoms with Crippen LogP contribution in [-0.2, 0) is 14.3 Å². The van der Waals surface area contributed by atoms with Gasteiger partial charge < -0.3 is 15.6 Å². The van der Waals surface area contributed by atoms with Crippen LogP contribution in [0.2, 0.25) is 0 Å². The lowest BCUT2D eigenvalue weighted by Crippen LogP contribution is -2.53. The topological polar surface area (TPSA) is 89.6 Å². The number of carbonyl (C=O) groups is 2. The third-order valence-electron chi connectivity index (χ3n) is 1.60. The van der Waals surface area contributed by atoms with Gasteiger partial charge in [0.15, 0.2) is 0 Å². The van der Waals surface area contributed by atoms with Gasteiger partial charge in [-0.15, -0.1) is 0 Å². The number of rotatable bonds is 5. The summed E-state index contributed by atoms with van der Waals surface area (Å²) in [5.41, 5.74) is 3.27. The Balaban J connectivity index is 4.03. The molecular formula is C8H15NO4. The monoisotopic (exact) mass is 189 g/mol. The maximum Gasteiger partial charge on any atom is 0.337 e. The van der Waals surface area contributed by atoms with Crippen LogP contribution in [0.3, 0.4) is 0 Å². The predicted octanol–water partition coefficient (Wildman–Crippen LogP) is 0.132. The van der Waals surface area contributed by atoms with Crippen LogP contribution in [0.25, 0.3) is 0 Å². The molecule has 0 heterocycles. The Morgan fingerprint density at radius 2 is 2.08 bits per heavy atom. The quantitative estimate of drug-likeness (QED) is 0.364. The summed E-state index contributed by atoms with van der Waals surface area (Å²) in [4.78, 5) is 21.5. The Labute approximate surface area is 76.9 Å². The first kappa shape index (κ1) is 11.9. The summed E-state index contributed by atoms with van der Waals surface area (Å²) in [5.74, 6) is -2.28. The molecule has 5 heteroatoms. The van der Waals surface area contributed by atoms with E-state index >= 15 is 0 Å². The average Bonchev–Trinajstić information content (AvgIpc) is 2.04. The molecule has 3 N–H and O–H groups in total. The van der Waals surface area contributed by atoms with E-state index in [0.29, 0.717) is 6.42 Å². The number of hydrogen-bond donors (Lipinski definition) is 2. The van der Waals surface area contributed by atoms with Crippen LogP contribution in [0.4, 0.5) is 0 Å². The van der Waals surface area contributed by atoms with Crippen molar-refractivity contribution in [2.24, 2.45) is 5.73 Å². The molecule has 1 atom stereocenters. The molecule has 0 aromatic heterocycles. The molecule has 0 bridgehead atoms. The Hall–Kier alpha value is -1.10. The molecule has 13 heavy (non-hydrogen) atoms. The van der Waals surface area contributed by atoms with Gasteiger partial charge in [-0.1, -0.05) is 13.3 Å². The predicted molar refractivity (Wildman–Crippen MR) is 46.1 cm³/mol. The minimum atomic E-state index is -1.94. The van der Waals surface area contributed by atoms with Gasteiger partial charge in [-0.05, 0) is 13.3 Å². The van der Waals surface area contributed by atoms with E-state index in [0.717, 1.165) is 13.3 Å². The van der Waals surface area contributed by atoms with Crippen molar-refractivity contribution in [2.75, 3.05) is 6.61 Å². The first-order valence-electron chi connectivity index (χ1n) is 4.12. The van der Waals surface area contributed by atoms with Crippen molar-refractivity contribution in [3.63, 3.8) is 0 Å². The molecule has 0 aromatic carbocycles. The second-order valence-corrected chi connectivity index (χ2v) is 3.00. The molecule has 76 valence electrons. The number of esters is 1. The number of ether oxygens (including phenoxy) is 1. The van der Waals surface area contributed by atoms with Gasteiger partial charge in [0, 0.05) is 0 Å². The highest BCUT2D eigenvalue weighted by Crippen LogP contribution is 2.03. The Kier molecular flexibility index (Phi) is 4.40. The summed E-state index contributed by atoms with van der Waals surface area (Å²) in [6.45, 7) is 3.27. The van der Waals surface area contributed by atoms with E-state index in [1.807, 2.05) is 6.92 Å². The first-order valence-corrected chi connectivity index (χ1v) is 4.12. The summed E-state index contributed by atoms with van der Waals surface area (Å²) in [5, 5.41) is 8.54. The number of carbonyl (C=O) groups excluding carboxylic acids is 1. The van der Waals surface area contributed by atoms with E-state index in [9.17, 15) is 9.59 Å². The minimum Gasteiger partial charge on any atom is -0.479 e. The zero-order chi connectivity index (χ0) is 10.5. The number of aliphatic carboxylic acids is 1. The van der Waals surface area contributed by atoms with E-state index in [4.69, 9.17) is 10.8 Å². The molecule has 5 nitrogen and oxygen atoms in total. The number of carboxylic acids is 1. The Morgan fingerprint density at radius 3 is 2.46 bits per heavy atom. The maximum atomic E-state index is 11.1. The van der Waals surface area contributed by atoms with E-state index in [2.05, 4.69) is 4.74 Å². The standard InChI is InChI=1S/C8H15NO4/c1-3-4-5-13-7(12)8(2,9)6(10)11/h3-5,9H2,1-2H3,(H,10,11). The largest absolute Gasteiger partial charge is 0.479 e. The maximum absolute atomic E-state index is 11.1. The lowest BCUT2D eigenvalue weighted by atomic mass is 10.1. The average molecular weight is 189 g/mol. The fraction of sp³-hybridized carbons (Fsp3) is 0.750. The summed E-state index contributed by atoms with van der Waals surface area (Å²) in [6.07, 6.45) is 1.59. The summed E-state index contributed by atoms with van der Waals surface area (Å²) >= 11 is 0. The van der Waals surface area contributed by atoms with E-state index in [1.54, 1.807) is 0 Å². The van der Waals surface area contributed by atoms with Crippen molar-refractivity contribution in [2.45, 2.75) is 32.2 Å². The van der Waals surface area contributed by atoms with Crippen LogP contribution < -0.4 is 5.73 Å². The van der Waals surface area contributed by atoms with Gasteiger partial charge in [-0.2, -0.15) is 0 Å². The third-order valence-corrected chi connectivity index (χ3v) is 1.60. The molecule has 0 radical (unpaired) electrons. The van der Waals surface area contributed by atoms with E-state index < -0.39 is 17.5 Å². The summed E-state index contributed by atoms with van der Waals surface area (Å²) in [7, 11) is 0. The van der Waals surface area contributed by atoms with Crippen LogP contribution in [0.1, 0.15) is 26.7 Å². The van der Waals surface area contributed by atoms with Gasteiger partial charge in [0.1, 0.15) is 0 Å². The second kappa shape index (κ2) is 4.81. The zero-order valence-corrected chi connectivity index (χ0v) is 7.87. The van der Waals surface area contributed by atoms with Crippen molar-refractivity contribution in [3.8, 4) is 0 Å². The molecule has 0 aromatic rings. The lowest BCUT2D eigenvalue weighted by Gasteiger charge is -2.16. The third kappa shape index (κ3) is 3.42. The van der Waals surface area contributed by atoms with Crippen LogP contribution in [-0.4, -0.2) is 29.2 Å². The van der Waals surface area contributed by atoms with Crippen molar-refractivity contribution in [3.05, 3.63) is 0 Å². The van der Waals surface area contributed by atoms with Crippen molar-refractivity contribution >= 4 is 11.9 Å². The molecule has 0 rings (SSSR count).